The second-order valence-electron chi connectivity index (χ2n) is 5.64. The SMILES string of the molecule is CCN1C(=O)/C(=C\c2ccc(OC)cc2OC)SC1=Nc1ccc(F)cc1. The zero-order valence-corrected chi connectivity index (χ0v) is 16.0. The number of thioether (sulfide) groups is 1. The average molecular weight is 386 g/mol. The number of likely N-dealkylation sites (N-methyl/N-ethyl adjacent to an activating group) is 1. The van der Waals surface area contributed by atoms with Crippen LogP contribution in [-0.2, 0) is 4.79 Å². The maximum atomic E-state index is 13.1. The fourth-order valence-electron chi connectivity index (χ4n) is 2.58. The van der Waals surface area contributed by atoms with Gasteiger partial charge in [0.1, 0.15) is 17.3 Å². The Morgan fingerprint density at radius 2 is 1.89 bits per heavy atom. The van der Waals surface area contributed by atoms with Crippen molar-refractivity contribution in [2.45, 2.75) is 6.92 Å². The van der Waals surface area contributed by atoms with Crippen LogP contribution >= 0.6 is 11.8 Å². The highest BCUT2D eigenvalue weighted by molar-refractivity contribution is 8.18. The van der Waals surface area contributed by atoms with Crippen LogP contribution in [0.3, 0.4) is 0 Å². The lowest BCUT2D eigenvalue weighted by Gasteiger charge is -2.12. The minimum absolute atomic E-state index is 0.124. The van der Waals surface area contributed by atoms with Gasteiger partial charge in [-0.25, -0.2) is 9.38 Å². The second kappa shape index (κ2) is 8.26. The van der Waals surface area contributed by atoms with Crippen LogP contribution < -0.4 is 9.47 Å². The fourth-order valence-corrected chi connectivity index (χ4v) is 3.63. The van der Waals surface area contributed by atoms with Crippen LogP contribution in [0.5, 0.6) is 11.5 Å². The number of rotatable bonds is 5. The Morgan fingerprint density at radius 3 is 2.52 bits per heavy atom. The summed E-state index contributed by atoms with van der Waals surface area (Å²) in [7, 11) is 3.15. The maximum absolute atomic E-state index is 13.1. The highest BCUT2D eigenvalue weighted by Crippen LogP contribution is 2.36. The third-order valence-corrected chi connectivity index (χ3v) is 4.99. The minimum atomic E-state index is -0.325. The molecule has 2 aromatic carbocycles. The van der Waals surface area contributed by atoms with Crippen LogP contribution in [0.15, 0.2) is 52.4 Å². The molecule has 0 spiro atoms. The van der Waals surface area contributed by atoms with E-state index in [9.17, 15) is 9.18 Å². The number of methoxy groups -OCH3 is 2. The summed E-state index contributed by atoms with van der Waals surface area (Å²) >= 11 is 1.28. The van der Waals surface area contributed by atoms with Crippen molar-refractivity contribution in [2.24, 2.45) is 4.99 Å². The van der Waals surface area contributed by atoms with Crippen LogP contribution in [0.4, 0.5) is 10.1 Å². The highest BCUT2D eigenvalue weighted by atomic mass is 32.2. The van der Waals surface area contributed by atoms with Gasteiger partial charge in [0.15, 0.2) is 5.17 Å². The van der Waals surface area contributed by atoms with Crippen molar-refractivity contribution in [3.8, 4) is 11.5 Å². The first-order chi connectivity index (χ1) is 13.0. The summed E-state index contributed by atoms with van der Waals surface area (Å²) < 4.78 is 23.7. The number of carbonyl (C=O) groups is 1. The molecule has 5 nitrogen and oxygen atoms in total. The van der Waals surface area contributed by atoms with E-state index in [1.54, 1.807) is 43.4 Å². The number of amidine groups is 1. The standard InChI is InChI=1S/C20H19FN2O3S/c1-4-23-19(24)18(11-13-5-10-16(25-2)12-17(13)26-3)27-20(23)22-15-8-6-14(21)7-9-15/h5-12H,4H2,1-3H3/b18-11+,22-20?. The zero-order chi connectivity index (χ0) is 19.4. The summed E-state index contributed by atoms with van der Waals surface area (Å²) in [5.74, 6) is 0.838. The van der Waals surface area contributed by atoms with E-state index in [4.69, 9.17) is 9.47 Å². The van der Waals surface area contributed by atoms with Gasteiger partial charge in [-0.3, -0.25) is 9.69 Å². The van der Waals surface area contributed by atoms with Gasteiger partial charge in [-0.15, -0.1) is 0 Å². The van der Waals surface area contributed by atoms with Crippen LogP contribution in [0.2, 0.25) is 0 Å². The summed E-state index contributed by atoms with van der Waals surface area (Å²) in [5, 5.41) is 0.563. The lowest BCUT2D eigenvalue weighted by Crippen LogP contribution is -2.28. The first-order valence-electron chi connectivity index (χ1n) is 8.33. The van der Waals surface area contributed by atoms with Gasteiger partial charge in [-0.1, -0.05) is 0 Å². The molecule has 7 heteroatoms. The van der Waals surface area contributed by atoms with E-state index in [1.807, 2.05) is 19.1 Å². The summed E-state index contributed by atoms with van der Waals surface area (Å²) in [6, 6.07) is 11.3. The molecule has 2 aromatic rings. The largest absolute Gasteiger partial charge is 0.497 e. The van der Waals surface area contributed by atoms with Gasteiger partial charge in [0.2, 0.25) is 0 Å². The molecule has 0 aliphatic carbocycles. The van der Waals surface area contributed by atoms with Gasteiger partial charge in [-0.05, 0) is 61.2 Å². The topological polar surface area (TPSA) is 51.1 Å². The van der Waals surface area contributed by atoms with Crippen LogP contribution in [0, 0.1) is 5.82 Å². The number of ether oxygens (including phenoxy) is 2. The van der Waals surface area contributed by atoms with E-state index in [0.29, 0.717) is 33.8 Å². The quantitative estimate of drug-likeness (QED) is 0.712. The third-order valence-electron chi connectivity index (χ3n) is 3.98. The number of hydrogen-bond donors (Lipinski definition) is 0. The number of halogens is 1. The zero-order valence-electron chi connectivity index (χ0n) is 15.2. The number of aliphatic imine (C=N–C) groups is 1. The van der Waals surface area contributed by atoms with Crippen molar-refractivity contribution < 1.29 is 18.7 Å². The molecule has 1 saturated heterocycles. The maximum Gasteiger partial charge on any atom is 0.266 e. The lowest BCUT2D eigenvalue weighted by molar-refractivity contribution is -0.122. The van der Waals surface area contributed by atoms with Crippen molar-refractivity contribution in [2.75, 3.05) is 20.8 Å². The van der Waals surface area contributed by atoms with Gasteiger partial charge in [0.25, 0.3) is 5.91 Å². The molecule has 0 atom stereocenters. The summed E-state index contributed by atoms with van der Waals surface area (Å²) in [6.45, 7) is 2.37. The molecule has 1 fully saturated rings. The third kappa shape index (κ3) is 4.14. The molecule has 3 rings (SSSR count). The Morgan fingerprint density at radius 1 is 1.15 bits per heavy atom. The predicted octanol–water partition coefficient (Wildman–Crippen LogP) is 4.47. The van der Waals surface area contributed by atoms with Crippen molar-refractivity contribution in [1.82, 2.24) is 4.90 Å². The lowest BCUT2D eigenvalue weighted by atomic mass is 10.1. The van der Waals surface area contributed by atoms with Crippen molar-refractivity contribution >= 4 is 34.6 Å². The average Bonchev–Trinajstić information content (AvgIpc) is 2.98. The molecule has 0 radical (unpaired) electrons. The number of nitrogens with zero attached hydrogens (tertiary/aromatic N) is 2. The van der Waals surface area contributed by atoms with Gasteiger partial charge in [0.05, 0.1) is 24.8 Å². The molecule has 0 saturated carbocycles. The van der Waals surface area contributed by atoms with Crippen molar-refractivity contribution in [3.63, 3.8) is 0 Å². The molecule has 1 amide bonds. The normalized spacial score (nSPS) is 17.0. The Labute approximate surface area is 161 Å². The smallest absolute Gasteiger partial charge is 0.266 e. The van der Waals surface area contributed by atoms with E-state index in [1.165, 1.54) is 23.9 Å². The van der Waals surface area contributed by atoms with Gasteiger partial charge >= 0.3 is 0 Å². The van der Waals surface area contributed by atoms with Crippen molar-refractivity contribution in [1.29, 1.82) is 0 Å². The number of amides is 1. The summed E-state index contributed by atoms with van der Waals surface area (Å²) in [4.78, 5) is 19.4. The van der Waals surface area contributed by atoms with Crippen molar-refractivity contribution in [3.05, 3.63) is 58.8 Å². The minimum Gasteiger partial charge on any atom is -0.497 e. The molecule has 0 unspecified atom stereocenters. The van der Waals surface area contributed by atoms with E-state index >= 15 is 0 Å². The Bertz CT molecular complexity index is 910. The molecular weight excluding hydrogens is 367 g/mol. The molecule has 1 heterocycles. The molecule has 0 bridgehead atoms. The molecule has 0 aromatic heterocycles. The van der Waals surface area contributed by atoms with Gasteiger partial charge < -0.3 is 9.47 Å². The summed E-state index contributed by atoms with van der Waals surface area (Å²) in [6.07, 6.45) is 1.78. The van der Waals surface area contributed by atoms with Gasteiger partial charge in [-0.2, -0.15) is 0 Å². The Kier molecular flexibility index (Phi) is 5.81. The van der Waals surface area contributed by atoms with E-state index in [-0.39, 0.29) is 11.7 Å². The molecule has 27 heavy (non-hydrogen) atoms. The number of benzene rings is 2. The second-order valence-corrected chi connectivity index (χ2v) is 6.65. The number of carbonyl (C=O) groups excluding carboxylic acids is 1. The number of hydrogen-bond acceptors (Lipinski definition) is 5. The molecule has 1 aliphatic heterocycles. The Hall–Kier alpha value is -2.80. The predicted molar refractivity (Wildman–Crippen MR) is 106 cm³/mol. The molecular formula is C20H19FN2O3S. The van der Waals surface area contributed by atoms with Gasteiger partial charge in [0, 0.05) is 18.2 Å². The summed E-state index contributed by atoms with van der Waals surface area (Å²) in [5.41, 5.74) is 1.36. The van der Waals surface area contributed by atoms with Crippen LogP contribution in [-0.4, -0.2) is 36.7 Å². The van der Waals surface area contributed by atoms with Crippen LogP contribution in [0.25, 0.3) is 6.08 Å². The molecule has 1 aliphatic rings. The fraction of sp³-hybridized carbons (Fsp3) is 0.200. The van der Waals surface area contributed by atoms with E-state index in [0.717, 1.165) is 5.56 Å². The van der Waals surface area contributed by atoms with E-state index in [2.05, 4.69) is 4.99 Å². The van der Waals surface area contributed by atoms with Crippen LogP contribution in [0.1, 0.15) is 12.5 Å². The highest BCUT2D eigenvalue weighted by Gasteiger charge is 2.32. The molecule has 0 N–H and O–H groups in total. The first-order valence-corrected chi connectivity index (χ1v) is 9.15. The molecule has 140 valence electrons. The van der Waals surface area contributed by atoms with E-state index < -0.39 is 0 Å². The first kappa shape index (κ1) is 19.0. The monoisotopic (exact) mass is 386 g/mol. The Balaban J connectivity index is 1.94.